The van der Waals surface area contributed by atoms with Gasteiger partial charge in [0.1, 0.15) is 17.2 Å². The van der Waals surface area contributed by atoms with E-state index in [0.29, 0.717) is 0 Å². The maximum absolute atomic E-state index is 13.0. The molecule has 0 saturated heterocycles. The Kier molecular flexibility index (Phi) is 3.40. The van der Waals surface area contributed by atoms with Crippen molar-refractivity contribution in [2.45, 2.75) is 6.18 Å². The molecule has 23 heavy (non-hydrogen) atoms. The SMILES string of the molecule is Oc1ccc(O)c(-c2n[nH]c(-c3ncccc3C(F)(F)F)n2)c1. The average Bonchev–Trinajstić information content (AvgIpc) is 2.98. The molecule has 2 aromatic heterocycles. The topological polar surface area (TPSA) is 94.9 Å². The van der Waals surface area contributed by atoms with Crippen LogP contribution in [0.1, 0.15) is 5.56 Å². The summed E-state index contributed by atoms with van der Waals surface area (Å²) in [5.74, 6) is -0.619. The standard InChI is InChI=1S/C14H9F3N4O2/c15-14(16,17)9-2-1-5-18-11(9)13-19-12(20-21-13)8-6-7(22)3-4-10(8)23/h1-6,22-23H,(H,19,20,21). The Bertz CT molecular complexity index is 861. The zero-order valence-corrected chi connectivity index (χ0v) is 11.3. The van der Waals surface area contributed by atoms with Crippen LogP contribution in [0.4, 0.5) is 13.2 Å². The van der Waals surface area contributed by atoms with E-state index in [1.54, 1.807) is 0 Å². The second-order valence-corrected chi connectivity index (χ2v) is 4.61. The molecule has 0 radical (unpaired) electrons. The van der Waals surface area contributed by atoms with Crippen molar-refractivity contribution in [2.75, 3.05) is 0 Å². The molecule has 6 nitrogen and oxygen atoms in total. The van der Waals surface area contributed by atoms with Gasteiger partial charge >= 0.3 is 6.18 Å². The summed E-state index contributed by atoms with van der Waals surface area (Å²) in [5, 5.41) is 25.3. The van der Waals surface area contributed by atoms with Crippen LogP contribution in [-0.2, 0) is 6.18 Å². The fourth-order valence-electron chi connectivity index (χ4n) is 2.01. The quantitative estimate of drug-likeness (QED) is 0.631. The van der Waals surface area contributed by atoms with Crippen molar-refractivity contribution >= 4 is 0 Å². The van der Waals surface area contributed by atoms with Crippen molar-refractivity contribution < 1.29 is 23.4 Å². The van der Waals surface area contributed by atoms with Crippen molar-refractivity contribution in [3.05, 3.63) is 42.1 Å². The van der Waals surface area contributed by atoms with Crippen LogP contribution >= 0.6 is 0 Å². The predicted molar refractivity (Wildman–Crippen MR) is 73.4 cm³/mol. The van der Waals surface area contributed by atoms with E-state index in [-0.39, 0.29) is 28.7 Å². The number of hydrogen-bond donors (Lipinski definition) is 3. The van der Waals surface area contributed by atoms with Gasteiger partial charge in [-0.2, -0.15) is 18.3 Å². The van der Waals surface area contributed by atoms with Crippen LogP contribution in [0.2, 0.25) is 0 Å². The molecular formula is C14H9F3N4O2. The summed E-state index contributed by atoms with van der Waals surface area (Å²) in [6, 6.07) is 5.74. The fraction of sp³-hybridized carbons (Fsp3) is 0.0714. The van der Waals surface area contributed by atoms with E-state index >= 15 is 0 Å². The van der Waals surface area contributed by atoms with E-state index in [4.69, 9.17) is 0 Å². The van der Waals surface area contributed by atoms with E-state index < -0.39 is 17.4 Å². The summed E-state index contributed by atoms with van der Waals surface area (Å²) in [7, 11) is 0. The maximum Gasteiger partial charge on any atom is 0.418 e. The first kappa shape index (κ1) is 14.8. The lowest BCUT2D eigenvalue weighted by Crippen LogP contribution is -2.08. The smallest absolute Gasteiger partial charge is 0.418 e. The second-order valence-electron chi connectivity index (χ2n) is 4.61. The first-order valence-electron chi connectivity index (χ1n) is 6.33. The Morgan fingerprint density at radius 3 is 2.61 bits per heavy atom. The molecule has 0 bridgehead atoms. The van der Waals surface area contributed by atoms with Gasteiger partial charge < -0.3 is 10.2 Å². The Morgan fingerprint density at radius 1 is 1.09 bits per heavy atom. The van der Waals surface area contributed by atoms with E-state index in [9.17, 15) is 23.4 Å². The molecule has 2 heterocycles. The van der Waals surface area contributed by atoms with Gasteiger partial charge in [0.2, 0.25) is 0 Å². The number of nitrogens with one attached hydrogen (secondary N) is 1. The summed E-state index contributed by atoms with van der Waals surface area (Å²) >= 11 is 0. The lowest BCUT2D eigenvalue weighted by Gasteiger charge is -2.09. The average molecular weight is 322 g/mol. The molecule has 118 valence electrons. The van der Waals surface area contributed by atoms with Crippen LogP contribution in [0.3, 0.4) is 0 Å². The largest absolute Gasteiger partial charge is 0.508 e. The minimum atomic E-state index is -4.59. The molecule has 0 amide bonds. The number of phenolic OH excluding ortho intramolecular Hbond substituents is 2. The number of alkyl halides is 3. The molecule has 0 aliphatic heterocycles. The van der Waals surface area contributed by atoms with Gasteiger partial charge in [0, 0.05) is 6.20 Å². The third-order valence-corrected chi connectivity index (χ3v) is 3.04. The van der Waals surface area contributed by atoms with Crippen molar-refractivity contribution in [1.82, 2.24) is 20.2 Å². The molecular weight excluding hydrogens is 313 g/mol. The molecule has 0 unspecified atom stereocenters. The third kappa shape index (κ3) is 2.80. The lowest BCUT2D eigenvalue weighted by atomic mass is 10.1. The van der Waals surface area contributed by atoms with Crippen molar-refractivity contribution in [3.63, 3.8) is 0 Å². The molecule has 0 spiro atoms. The van der Waals surface area contributed by atoms with E-state index in [0.717, 1.165) is 6.07 Å². The van der Waals surface area contributed by atoms with Crippen molar-refractivity contribution in [2.24, 2.45) is 0 Å². The van der Waals surface area contributed by atoms with Crippen LogP contribution in [-0.4, -0.2) is 30.4 Å². The monoisotopic (exact) mass is 322 g/mol. The number of H-pyrrole nitrogens is 1. The zero-order chi connectivity index (χ0) is 16.6. The van der Waals surface area contributed by atoms with Gasteiger partial charge in [0.15, 0.2) is 11.6 Å². The minimum absolute atomic E-state index is 0.0628. The summed E-state index contributed by atoms with van der Waals surface area (Å²) in [6.07, 6.45) is -3.39. The van der Waals surface area contributed by atoms with Crippen molar-refractivity contribution in [1.29, 1.82) is 0 Å². The van der Waals surface area contributed by atoms with E-state index in [1.165, 1.54) is 30.5 Å². The van der Waals surface area contributed by atoms with Gasteiger partial charge in [-0.15, -0.1) is 0 Å². The van der Waals surface area contributed by atoms with Crippen LogP contribution in [0.15, 0.2) is 36.5 Å². The number of aromatic hydroxyl groups is 2. The van der Waals surface area contributed by atoms with Gasteiger partial charge in [-0.05, 0) is 30.3 Å². The van der Waals surface area contributed by atoms with E-state index in [2.05, 4.69) is 20.2 Å². The predicted octanol–water partition coefficient (Wildman–Crippen LogP) is 2.96. The lowest BCUT2D eigenvalue weighted by molar-refractivity contribution is -0.137. The van der Waals surface area contributed by atoms with Gasteiger partial charge in [0.05, 0.1) is 11.1 Å². The maximum atomic E-state index is 13.0. The van der Waals surface area contributed by atoms with Crippen molar-refractivity contribution in [3.8, 4) is 34.4 Å². The van der Waals surface area contributed by atoms with Gasteiger partial charge in [-0.3, -0.25) is 10.1 Å². The Hall–Kier alpha value is -3.10. The van der Waals surface area contributed by atoms with Gasteiger partial charge in [-0.1, -0.05) is 0 Å². The third-order valence-electron chi connectivity index (χ3n) is 3.04. The van der Waals surface area contributed by atoms with Gasteiger partial charge in [0.25, 0.3) is 0 Å². The number of rotatable bonds is 2. The van der Waals surface area contributed by atoms with E-state index in [1.807, 2.05) is 0 Å². The second kappa shape index (κ2) is 5.27. The van der Waals surface area contributed by atoms with Crippen LogP contribution < -0.4 is 0 Å². The molecule has 3 aromatic rings. The number of nitrogens with zero attached hydrogens (tertiary/aromatic N) is 3. The molecule has 0 fully saturated rings. The first-order chi connectivity index (χ1) is 10.9. The number of benzene rings is 1. The zero-order valence-electron chi connectivity index (χ0n) is 11.3. The van der Waals surface area contributed by atoms with Gasteiger partial charge in [-0.25, -0.2) is 4.98 Å². The minimum Gasteiger partial charge on any atom is -0.508 e. The highest BCUT2D eigenvalue weighted by Gasteiger charge is 2.35. The highest BCUT2D eigenvalue weighted by Crippen LogP contribution is 2.36. The van der Waals surface area contributed by atoms with Crippen LogP contribution in [0.5, 0.6) is 11.5 Å². The summed E-state index contributed by atoms with van der Waals surface area (Å²) < 4.78 is 39.0. The van der Waals surface area contributed by atoms with Crippen LogP contribution in [0, 0.1) is 0 Å². The molecule has 0 aliphatic carbocycles. The summed E-state index contributed by atoms with van der Waals surface area (Å²) in [5.41, 5.74) is -1.28. The number of aromatic nitrogens is 4. The number of pyridine rings is 1. The molecule has 0 atom stereocenters. The molecule has 9 heteroatoms. The highest BCUT2D eigenvalue weighted by atomic mass is 19.4. The number of hydrogen-bond acceptors (Lipinski definition) is 5. The Labute approximate surface area is 127 Å². The summed E-state index contributed by atoms with van der Waals surface area (Å²) in [6.45, 7) is 0. The number of phenols is 2. The highest BCUT2D eigenvalue weighted by molar-refractivity contribution is 5.67. The summed E-state index contributed by atoms with van der Waals surface area (Å²) in [4.78, 5) is 7.62. The normalized spacial score (nSPS) is 11.6. The first-order valence-corrected chi connectivity index (χ1v) is 6.33. The Morgan fingerprint density at radius 2 is 1.87 bits per heavy atom. The van der Waals surface area contributed by atoms with Crippen LogP contribution in [0.25, 0.3) is 22.9 Å². The Balaban J connectivity index is 2.09. The number of aromatic amines is 1. The molecule has 0 saturated carbocycles. The molecule has 1 aromatic carbocycles. The number of halogens is 3. The molecule has 3 N–H and O–H groups in total. The molecule has 0 aliphatic rings. The fourth-order valence-corrected chi connectivity index (χ4v) is 2.01. The molecule has 3 rings (SSSR count).